The van der Waals surface area contributed by atoms with E-state index in [9.17, 15) is 0 Å². The van der Waals surface area contributed by atoms with Gasteiger partial charge in [0.15, 0.2) is 0 Å². The highest BCUT2D eigenvalue weighted by Crippen LogP contribution is 2.47. The lowest BCUT2D eigenvalue weighted by molar-refractivity contribution is 0.838. The maximum Gasteiger partial charge on any atom is 0.146 e. The highest BCUT2D eigenvalue weighted by molar-refractivity contribution is 6.91. The Hall–Kier alpha value is -5.65. The minimum Gasteiger partial charge on any atom is -0.125 e. The summed E-state index contributed by atoms with van der Waals surface area (Å²) in [6, 6.07) is 37.9. The molecule has 0 N–H and O–H groups in total. The van der Waals surface area contributed by atoms with Gasteiger partial charge in [0.05, 0.1) is 0 Å². The predicted molar refractivity (Wildman–Crippen MR) is 312 cm³/mol. The van der Waals surface area contributed by atoms with Crippen LogP contribution in [0.2, 0.25) is 33.2 Å². The summed E-state index contributed by atoms with van der Waals surface area (Å²) in [4.78, 5) is 0. The molecular weight excluding hydrogens is 873 g/mol. The highest BCUT2D eigenvalue weighted by Gasteiger charge is 2.43. The van der Waals surface area contributed by atoms with Crippen molar-refractivity contribution >= 4 is 48.8 Å². The van der Waals surface area contributed by atoms with E-state index in [0.29, 0.717) is 33.2 Å². The normalized spacial score (nSPS) is 13.2. The topological polar surface area (TPSA) is 0 Å². The van der Waals surface area contributed by atoms with Crippen LogP contribution in [-0.4, -0.2) is 16.1 Å². The van der Waals surface area contributed by atoms with E-state index in [4.69, 9.17) is 0 Å². The first-order valence-corrected chi connectivity index (χ1v) is 30.9. The van der Waals surface area contributed by atoms with Gasteiger partial charge in [-0.25, -0.2) is 0 Å². The third-order valence-electron chi connectivity index (χ3n) is 17.3. The molecule has 7 aromatic carbocycles. The molecule has 0 nitrogen and oxygen atoms in total. The second-order valence-electron chi connectivity index (χ2n) is 23.3. The van der Waals surface area contributed by atoms with E-state index in [2.05, 4.69) is 245 Å². The first-order valence-electron chi connectivity index (χ1n) is 26.4. The highest BCUT2D eigenvalue weighted by atomic mass is 28.3. The molecule has 2 heteroatoms. The van der Waals surface area contributed by atoms with Gasteiger partial charge < -0.3 is 0 Å². The largest absolute Gasteiger partial charge is 0.146 e. The molecule has 0 saturated heterocycles. The van der Waals surface area contributed by atoms with Gasteiger partial charge in [-0.15, -0.1) is 11.1 Å². The van der Waals surface area contributed by atoms with Gasteiger partial charge in [0.25, 0.3) is 0 Å². The summed E-state index contributed by atoms with van der Waals surface area (Å²) < 4.78 is 0. The first-order chi connectivity index (χ1) is 33.1. The maximum absolute atomic E-state index is 4.29. The summed E-state index contributed by atoms with van der Waals surface area (Å²) >= 11 is 0. The Morgan fingerprint density at radius 1 is 0.329 bits per heavy atom. The zero-order valence-electron chi connectivity index (χ0n) is 45.7. The van der Waals surface area contributed by atoms with Crippen LogP contribution in [0, 0.1) is 64.5 Å². The molecule has 0 aliphatic heterocycles. The van der Waals surface area contributed by atoms with Crippen molar-refractivity contribution in [2.24, 2.45) is 0 Å². The number of fused-ring (bicyclic) bond motifs is 8. The maximum atomic E-state index is 4.29. The van der Waals surface area contributed by atoms with Gasteiger partial charge in [0.1, 0.15) is 16.1 Å². The van der Waals surface area contributed by atoms with Crippen LogP contribution in [0.25, 0.3) is 54.9 Å². The fraction of sp³-hybridized carbons (Fsp3) is 0.353. The Labute approximate surface area is 423 Å². The molecule has 0 amide bonds. The second-order valence-corrected chi connectivity index (χ2v) is 34.5. The van der Waals surface area contributed by atoms with Crippen molar-refractivity contribution in [1.29, 1.82) is 0 Å². The number of rotatable bonds is 8. The van der Waals surface area contributed by atoms with Crippen molar-refractivity contribution in [3.63, 3.8) is 0 Å². The van der Waals surface area contributed by atoms with E-state index in [1.807, 2.05) is 0 Å². The summed E-state index contributed by atoms with van der Waals surface area (Å²) in [7, 11) is -4.36. The van der Waals surface area contributed by atoms with Gasteiger partial charge in [-0.05, 0) is 209 Å². The molecule has 356 valence electrons. The minimum absolute atomic E-state index is 0.504. The van der Waals surface area contributed by atoms with E-state index in [1.54, 1.807) is 0 Å². The van der Waals surface area contributed by atoms with Crippen molar-refractivity contribution < 1.29 is 0 Å². The molecule has 0 heterocycles. The Morgan fingerprint density at radius 2 is 0.600 bits per heavy atom. The Bertz CT molecular complexity index is 3250. The van der Waals surface area contributed by atoms with Gasteiger partial charge in [-0.3, -0.25) is 0 Å². The fourth-order valence-electron chi connectivity index (χ4n) is 14.5. The van der Waals surface area contributed by atoms with Crippen LogP contribution in [0.1, 0.15) is 150 Å². The second kappa shape index (κ2) is 18.2. The summed E-state index contributed by atoms with van der Waals surface area (Å²) in [5.41, 5.74) is 35.0. The molecule has 2 aliphatic carbocycles. The van der Waals surface area contributed by atoms with Gasteiger partial charge in [0, 0.05) is 11.1 Å². The molecule has 70 heavy (non-hydrogen) atoms. The molecule has 0 bridgehead atoms. The van der Waals surface area contributed by atoms with Crippen LogP contribution >= 0.6 is 0 Å². The predicted octanol–water partition coefficient (Wildman–Crippen LogP) is 17.4. The number of hydrogen-bond donors (Lipinski definition) is 0. The Kier molecular flexibility index (Phi) is 12.8. The van der Waals surface area contributed by atoms with Crippen molar-refractivity contribution in [2.45, 2.75) is 158 Å². The average molecular weight is 950 g/mol. The molecule has 0 atom stereocenters. The molecule has 0 fully saturated rings. The van der Waals surface area contributed by atoms with Crippen LogP contribution in [0.4, 0.5) is 0 Å². The summed E-state index contributed by atoms with van der Waals surface area (Å²) in [5, 5.41) is 7.49. The minimum atomic E-state index is -2.18. The van der Waals surface area contributed by atoms with Crippen LogP contribution in [0.15, 0.2) is 97.1 Å². The van der Waals surface area contributed by atoms with Crippen LogP contribution < -0.4 is 10.4 Å². The van der Waals surface area contributed by atoms with E-state index in [0.717, 1.165) is 11.1 Å². The number of aryl methyl sites for hydroxylation is 6. The van der Waals surface area contributed by atoms with Crippen molar-refractivity contribution in [3.05, 3.63) is 174 Å². The zero-order valence-corrected chi connectivity index (χ0v) is 47.7. The Morgan fingerprint density at radius 3 is 0.886 bits per heavy atom. The molecule has 0 spiro atoms. The molecule has 7 aromatic rings. The first kappa shape index (κ1) is 49.3. The third-order valence-corrected chi connectivity index (χ3v) is 29.9. The van der Waals surface area contributed by atoms with Crippen molar-refractivity contribution in [3.8, 4) is 45.2 Å². The molecule has 9 rings (SSSR count). The van der Waals surface area contributed by atoms with Crippen LogP contribution in [0.3, 0.4) is 0 Å². The molecule has 2 aliphatic rings. The fourth-order valence-corrected chi connectivity index (χ4v) is 24.9. The van der Waals surface area contributed by atoms with Gasteiger partial charge in [-0.1, -0.05) is 179 Å². The standard InChI is InChI=1S/C68H76Si2/c1-39(2)69(40(3)4,41(5)6)29-27-53-57-35-61-51-23-19-21-25-55(51)68(66-49(17)33-46(14)34-50(66)18)64(61)38-60(57)54(28-30-70(42(7)8,43(9)10)44(11)12)58-36-62-52-24-20-22-26-56(52)67(63(62)37-59(53)58)65-47(15)31-45(13)32-48(65)16/h19-26,31-44H,1-18H3. The van der Waals surface area contributed by atoms with Crippen LogP contribution in [0.5, 0.6) is 0 Å². The molecule has 0 unspecified atom stereocenters. The van der Waals surface area contributed by atoms with Gasteiger partial charge in [0.2, 0.25) is 0 Å². The molecule has 0 saturated carbocycles. The monoisotopic (exact) mass is 949 g/mol. The quantitative estimate of drug-likeness (QED) is 0.0809. The van der Waals surface area contributed by atoms with E-state index in [1.165, 1.54) is 121 Å². The number of hydrogen-bond acceptors (Lipinski definition) is 0. The third kappa shape index (κ3) is 7.55. The molecule has 0 radical (unpaired) electrons. The lowest BCUT2D eigenvalue weighted by Gasteiger charge is -2.38. The summed E-state index contributed by atoms with van der Waals surface area (Å²) in [6.07, 6.45) is 0. The van der Waals surface area contributed by atoms with Crippen molar-refractivity contribution in [2.75, 3.05) is 0 Å². The van der Waals surface area contributed by atoms with Gasteiger partial charge in [-0.2, -0.15) is 0 Å². The molecule has 0 aromatic heterocycles. The SMILES string of the molecule is Cc1cc(C)c(C2=c3cc4c(C#C[Si](C(C)C)(C(C)C)C(C)C)c5cc6c(cc5c(C#C[Si](C(C)C)(C(C)C)C(C)C)c4cc3-c3ccccc32)=C(c2c(C)cc(C)cc2C)c2ccccc2-6)c(C)c1. The average Bonchev–Trinajstić information content (AvgIpc) is 3.76. The van der Waals surface area contributed by atoms with Crippen LogP contribution in [-0.2, 0) is 0 Å². The number of benzene rings is 7. The van der Waals surface area contributed by atoms with E-state index in [-0.39, 0.29) is 0 Å². The summed E-state index contributed by atoms with van der Waals surface area (Å²) in [5.74, 6) is 8.41. The van der Waals surface area contributed by atoms with Crippen molar-refractivity contribution in [1.82, 2.24) is 0 Å². The smallest absolute Gasteiger partial charge is 0.125 e. The Balaban J connectivity index is 1.58. The van der Waals surface area contributed by atoms with Gasteiger partial charge >= 0.3 is 0 Å². The lowest BCUT2D eigenvalue weighted by Crippen LogP contribution is -2.43. The lowest BCUT2D eigenvalue weighted by atomic mass is 9.87. The van der Waals surface area contributed by atoms with E-state index < -0.39 is 16.1 Å². The summed E-state index contributed by atoms with van der Waals surface area (Å²) in [6.45, 7) is 43.0. The van der Waals surface area contributed by atoms with E-state index >= 15 is 0 Å². The zero-order chi connectivity index (χ0) is 50.5. The molecular formula is C68H76Si2.